The summed E-state index contributed by atoms with van der Waals surface area (Å²) >= 11 is 0. The number of nitrogens with zero attached hydrogens (tertiary/aromatic N) is 1. The minimum Gasteiger partial charge on any atom is -0.480 e. The second-order valence-corrected chi connectivity index (χ2v) is 7.02. The van der Waals surface area contributed by atoms with Gasteiger partial charge in [-0.15, -0.1) is 6.58 Å². The maximum atomic E-state index is 11.7. The molecule has 0 spiro atoms. The number of carbonyl (C=O) groups excluding carboxylic acids is 1. The van der Waals surface area contributed by atoms with Gasteiger partial charge in [-0.25, -0.2) is 0 Å². The van der Waals surface area contributed by atoms with Crippen molar-refractivity contribution in [2.24, 2.45) is 5.92 Å². The van der Waals surface area contributed by atoms with Gasteiger partial charge in [0.15, 0.2) is 0 Å². The molecule has 6 nitrogen and oxygen atoms in total. The third-order valence-electron chi connectivity index (χ3n) is 4.92. The third-order valence-corrected chi connectivity index (χ3v) is 4.92. The molecule has 4 atom stereocenters. The van der Waals surface area contributed by atoms with Crippen LogP contribution in [0.25, 0.3) is 0 Å². The van der Waals surface area contributed by atoms with E-state index in [0.717, 1.165) is 13.0 Å². The van der Waals surface area contributed by atoms with Crippen LogP contribution in [0.15, 0.2) is 43.0 Å². The molecule has 26 heavy (non-hydrogen) atoms. The van der Waals surface area contributed by atoms with Gasteiger partial charge in [0.05, 0.1) is 6.04 Å². The van der Waals surface area contributed by atoms with E-state index in [1.54, 1.807) is 6.08 Å². The first-order valence-electron chi connectivity index (χ1n) is 9.01. The summed E-state index contributed by atoms with van der Waals surface area (Å²) in [4.78, 5) is 25.2. The Balaban J connectivity index is 2.00. The number of carbonyl (C=O) groups is 2. The van der Waals surface area contributed by atoms with Crippen molar-refractivity contribution in [2.75, 3.05) is 20.1 Å². The Kier molecular flexibility index (Phi) is 7.36. The van der Waals surface area contributed by atoms with Crippen molar-refractivity contribution in [3.8, 4) is 0 Å². The van der Waals surface area contributed by atoms with Crippen LogP contribution < -0.4 is 10.6 Å². The zero-order valence-corrected chi connectivity index (χ0v) is 15.5. The maximum absolute atomic E-state index is 11.7. The number of aliphatic carboxylic acids is 1. The molecule has 1 amide bonds. The summed E-state index contributed by atoms with van der Waals surface area (Å²) in [6, 6.07) is 9.33. The minimum atomic E-state index is -0.863. The van der Waals surface area contributed by atoms with Crippen molar-refractivity contribution in [3.63, 3.8) is 0 Å². The molecule has 1 saturated heterocycles. The molecular formula is C20H29N3O3. The minimum absolute atomic E-state index is 0.00970. The Hall–Kier alpha value is -2.18. The van der Waals surface area contributed by atoms with Crippen LogP contribution in [-0.2, 0) is 16.0 Å². The van der Waals surface area contributed by atoms with Gasteiger partial charge in [-0.1, -0.05) is 36.4 Å². The third kappa shape index (κ3) is 5.68. The molecular weight excluding hydrogens is 330 g/mol. The van der Waals surface area contributed by atoms with Crippen LogP contribution in [0, 0.1) is 5.92 Å². The highest BCUT2D eigenvalue weighted by Gasteiger charge is 2.40. The second-order valence-electron chi connectivity index (χ2n) is 7.02. The molecule has 6 heteroatoms. The highest BCUT2D eigenvalue weighted by Crippen LogP contribution is 2.24. The summed E-state index contributed by atoms with van der Waals surface area (Å²) < 4.78 is 0. The molecule has 0 bridgehead atoms. The second kappa shape index (κ2) is 9.50. The molecule has 1 heterocycles. The lowest BCUT2D eigenvalue weighted by Crippen LogP contribution is -2.55. The molecule has 0 radical (unpaired) electrons. The zero-order valence-electron chi connectivity index (χ0n) is 15.5. The van der Waals surface area contributed by atoms with E-state index in [1.807, 2.05) is 25.2 Å². The van der Waals surface area contributed by atoms with Gasteiger partial charge in [-0.05, 0) is 31.4 Å². The van der Waals surface area contributed by atoms with Crippen LogP contribution in [0.1, 0.15) is 18.9 Å². The Morgan fingerprint density at radius 1 is 1.42 bits per heavy atom. The van der Waals surface area contributed by atoms with Crippen LogP contribution in [0.3, 0.4) is 0 Å². The van der Waals surface area contributed by atoms with E-state index in [1.165, 1.54) is 12.5 Å². The normalized spacial score (nSPS) is 23.6. The van der Waals surface area contributed by atoms with Crippen molar-refractivity contribution in [2.45, 2.75) is 37.9 Å². The van der Waals surface area contributed by atoms with Gasteiger partial charge in [-0.3, -0.25) is 14.9 Å². The van der Waals surface area contributed by atoms with Gasteiger partial charge in [0, 0.05) is 26.1 Å². The Morgan fingerprint density at radius 2 is 2.12 bits per heavy atom. The van der Waals surface area contributed by atoms with E-state index in [2.05, 4.69) is 34.2 Å². The molecule has 1 unspecified atom stereocenters. The van der Waals surface area contributed by atoms with Gasteiger partial charge in [0.1, 0.15) is 6.04 Å². The molecule has 3 N–H and O–H groups in total. The van der Waals surface area contributed by atoms with Crippen LogP contribution in [0.4, 0.5) is 0 Å². The highest BCUT2D eigenvalue weighted by atomic mass is 16.4. The summed E-state index contributed by atoms with van der Waals surface area (Å²) in [5.41, 5.74) is 1.27. The predicted molar refractivity (Wildman–Crippen MR) is 102 cm³/mol. The average molecular weight is 359 g/mol. The zero-order chi connectivity index (χ0) is 19.1. The average Bonchev–Trinajstić information content (AvgIpc) is 3.04. The van der Waals surface area contributed by atoms with E-state index >= 15 is 0 Å². The lowest BCUT2D eigenvalue weighted by atomic mass is 9.93. The first-order chi connectivity index (χ1) is 12.4. The molecule has 142 valence electrons. The number of likely N-dealkylation sites (N-methyl/N-ethyl adjacent to an activating group) is 1. The molecule has 1 fully saturated rings. The summed E-state index contributed by atoms with van der Waals surface area (Å²) in [5, 5.41) is 15.5. The lowest BCUT2D eigenvalue weighted by molar-refractivity contribution is -0.139. The highest BCUT2D eigenvalue weighted by molar-refractivity contribution is 5.75. The quantitative estimate of drug-likeness (QED) is 0.579. The molecule has 1 aliphatic rings. The van der Waals surface area contributed by atoms with Crippen molar-refractivity contribution < 1.29 is 14.7 Å². The van der Waals surface area contributed by atoms with Gasteiger partial charge < -0.3 is 15.3 Å². The first-order valence-corrected chi connectivity index (χ1v) is 9.01. The molecule has 2 rings (SSSR count). The molecule has 0 saturated carbocycles. The summed E-state index contributed by atoms with van der Waals surface area (Å²) in [7, 11) is 2.02. The number of benzene rings is 1. The summed E-state index contributed by atoms with van der Waals surface area (Å²) in [6.45, 7) is 6.83. The van der Waals surface area contributed by atoms with Gasteiger partial charge >= 0.3 is 5.97 Å². The number of hydrogen-bond donors (Lipinski definition) is 3. The molecule has 1 aromatic carbocycles. The monoisotopic (exact) mass is 359 g/mol. The first kappa shape index (κ1) is 20.1. The van der Waals surface area contributed by atoms with Crippen LogP contribution in [0.5, 0.6) is 0 Å². The van der Waals surface area contributed by atoms with Gasteiger partial charge in [-0.2, -0.15) is 0 Å². The predicted octanol–water partition coefficient (Wildman–Crippen LogP) is 1.28. The van der Waals surface area contributed by atoms with Crippen molar-refractivity contribution in [3.05, 3.63) is 48.6 Å². The number of carboxylic acids is 1. The Labute approximate surface area is 155 Å². The molecule has 1 aromatic rings. The van der Waals surface area contributed by atoms with Crippen LogP contribution in [0.2, 0.25) is 0 Å². The van der Waals surface area contributed by atoms with Crippen molar-refractivity contribution in [1.29, 1.82) is 0 Å². The SMILES string of the molecule is C=C[C@@H]1C[C@H](C(=O)O)NC1[C@H](CN(C)CCc1ccccc1)NC(C)=O. The van der Waals surface area contributed by atoms with E-state index in [9.17, 15) is 14.7 Å². The van der Waals surface area contributed by atoms with E-state index < -0.39 is 12.0 Å². The van der Waals surface area contributed by atoms with Crippen LogP contribution in [-0.4, -0.2) is 60.1 Å². The van der Waals surface area contributed by atoms with E-state index in [0.29, 0.717) is 13.0 Å². The van der Waals surface area contributed by atoms with Crippen molar-refractivity contribution >= 4 is 11.9 Å². The summed E-state index contributed by atoms with van der Waals surface area (Å²) in [5.74, 6) is -0.969. The van der Waals surface area contributed by atoms with Gasteiger partial charge in [0.25, 0.3) is 0 Å². The molecule has 1 aliphatic heterocycles. The number of carboxylic acid groups (broad SMARTS) is 1. The molecule has 0 aromatic heterocycles. The fourth-order valence-corrected chi connectivity index (χ4v) is 3.57. The maximum Gasteiger partial charge on any atom is 0.320 e. The molecule has 0 aliphatic carbocycles. The van der Waals surface area contributed by atoms with Gasteiger partial charge in [0.2, 0.25) is 5.91 Å². The number of hydrogen-bond acceptors (Lipinski definition) is 4. The smallest absolute Gasteiger partial charge is 0.320 e. The standard InChI is InChI=1S/C20H29N3O3/c1-4-16-12-17(20(25)26)22-19(16)18(21-14(2)24)13-23(3)11-10-15-8-6-5-7-9-15/h4-9,16-19,22H,1,10-13H2,2-3H3,(H,21,24)(H,25,26)/t16-,17-,18+,19?/m1/s1. The van der Waals surface area contributed by atoms with Crippen molar-refractivity contribution in [1.82, 2.24) is 15.5 Å². The van der Waals surface area contributed by atoms with E-state index in [4.69, 9.17) is 0 Å². The topological polar surface area (TPSA) is 81.7 Å². The fraction of sp³-hybridized carbons (Fsp3) is 0.500. The van der Waals surface area contributed by atoms with E-state index in [-0.39, 0.29) is 23.9 Å². The Bertz CT molecular complexity index is 620. The Morgan fingerprint density at radius 3 is 2.69 bits per heavy atom. The summed E-state index contributed by atoms with van der Waals surface area (Å²) in [6.07, 6.45) is 3.21. The number of rotatable bonds is 9. The largest absolute Gasteiger partial charge is 0.480 e. The number of nitrogens with one attached hydrogen (secondary N) is 2. The number of amides is 1. The van der Waals surface area contributed by atoms with Crippen LogP contribution >= 0.6 is 0 Å². The fourth-order valence-electron chi connectivity index (χ4n) is 3.57. The lowest BCUT2D eigenvalue weighted by Gasteiger charge is -2.31.